The van der Waals surface area contributed by atoms with Crippen LogP contribution < -0.4 is 20.7 Å². The smallest absolute Gasteiger partial charge is 0.379 e. The number of aromatic amines is 1. The quantitative estimate of drug-likeness (QED) is 0.493. The number of likely N-dealkylation sites (tertiary alicyclic amines) is 1. The maximum atomic E-state index is 13.4. The van der Waals surface area contributed by atoms with Crippen molar-refractivity contribution in [2.24, 2.45) is 5.92 Å². The van der Waals surface area contributed by atoms with Crippen LogP contribution in [-0.4, -0.2) is 95.2 Å². The van der Waals surface area contributed by atoms with Crippen molar-refractivity contribution < 1.29 is 35.9 Å². The second-order valence-electron chi connectivity index (χ2n) is 11.1. The normalized spacial score (nSPS) is 21.0. The molecule has 2 N–H and O–H groups in total. The molecule has 43 heavy (non-hydrogen) atoms. The molecular weight excluding hydrogens is 586 g/mol. The van der Waals surface area contributed by atoms with Crippen LogP contribution in [0.5, 0.6) is 0 Å². The number of piperazine rings is 1. The molecule has 3 aliphatic rings. The number of pyridine rings is 1. The Hall–Kier alpha value is -3.89. The lowest BCUT2D eigenvalue weighted by Crippen LogP contribution is -2.64. The first-order chi connectivity index (χ1) is 20.1. The minimum absolute atomic E-state index is 0.0666. The van der Waals surface area contributed by atoms with Gasteiger partial charge >= 0.3 is 12.4 Å². The second kappa shape index (κ2) is 11.3. The van der Waals surface area contributed by atoms with Crippen LogP contribution in [0.15, 0.2) is 23.3 Å². The number of piperidine rings is 1. The second-order valence-corrected chi connectivity index (χ2v) is 11.1. The van der Waals surface area contributed by atoms with Crippen LogP contribution in [0.25, 0.3) is 0 Å². The third-order valence-corrected chi connectivity index (χ3v) is 8.13. The van der Waals surface area contributed by atoms with E-state index in [4.69, 9.17) is 0 Å². The summed E-state index contributed by atoms with van der Waals surface area (Å²) in [6.45, 7) is 3.69. The van der Waals surface area contributed by atoms with Crippen molar-refractivity contribution >= 4 is 29.0 Å². The Balaban J connectivity index is 1.17. The Labute approximate surface area is 241 Å². The van der Waals surface area contributed by atoms with Gasteiger partial charge < -0.3 is 24.9 Å². The first kappa shape index (κ1) is 30.6. The van der Waals surface area contributed by atoms with Crippen LogP contribution in [0, 0.1) is 5.92 Å². The Morgan fingerprint density at radius 2 is 1.77 bits per heavy atom. The number of hydrogen-bond acceptors (Lipinski definition) is 8. The molecule has 2 saturated heterocycles. The number of nitrogens with zero attached hydrogens (tertiary/aromatic N) is 6. The van der Waals surface area contributed by atoms with Gasteiger partial charge in [-0.25, -0.2) is 10.1 Å². The molecule has 0 bridgehead atoms. The van der Waals surface area contributed by atoms with Gasteiger partial charge in [-0.15, -0.1) is 0 Å². The summed E-state index contributed by atoms with van der Waals surface area (Å²) in [5.41, 5.74) is -3.96. The lowest BCUT2D eigenvalue weighted by molar-refractivity contribution is -0.139. The Morgan fingerprint density at radius 3 is 2.42 bits per heavy atom. The van der Waals surface area contributed by atoms with E-state index in [0.29, 0.717) is 32.5 Å². The molecule has 11 nitrogen and oxygen atoms in total. The summed E-state index contributed by atoms with van der Waals surface area (Å²) in [4.78, 5) is 48.7. The number of carbonyl (C=O) groups is 2. The van der Waals surface area contributed by atoms with Gasteiger partial charge in [0.1, 0.15) is 11.6 Å². The molecule has 17 heteroatoms. The van der Waals surface area contributed by atoms with Crippen LogP contribution in [0.4, 0.5) is 43.5 Å². The molecule has 3 aliphatic heterocycles. The summed E-state index contributed by atoms with van der Waals surface area (Å²) >= 11 is 0. The summed E-state index contributed by atoms with van der Waals surface area (Å²) in [5, 5.41) is 7.98. The van der Waals surface area contributed by atoms with Gasteiger partial charge in [0.2, 0.25) is 5.91 Å². The average molecular weight is 617 g/mol. The van der Waals surface area contributed by atoms with E-state index in [-0.39, 0.29) is 43.0 Å². The number of carbonyl (C=O) groups excluding carboxylic acids is 2. The molecule has 2 aromatic heterocycles. The summed E-state index contributed by atoms with van der Waals surface area (Å²) in [6, 6.07) is -0.320. The highest BCUT2D eigenvalue weighted by Gasteiger charge is 2.44. The van der Waals surface area contributed by atoms with Gasteiger partial charge in [-0.3, -0.25) is 14.4 Å². The zero-order valence-corrected chi connectivity index (χ0v) is 23.3. The molecule has 0 saturated carbocycles. The van der Waals surface area contributed by atoms with Crippen molar-refractivity contribution in [1.82, 2.24) is 25.0 Å². The highest BCUT2D eigenvalue weighted by atomic mass is 19.4. The van der Waals surface area contributed by atoms with E-state index in [9.17, 15) is 40.7 Å². The Bertz CT molecular complexity index is 1440. The zero-order chi connectivity index (χ0) is 31.3. The molecule has 2 fully saturated rings. The van der Waals surface area contributed by atoms with Crippen LogP contribution in [0.3, 0.4) is 0 Å². The molecule has 234 valence electrons. The number of hydrogen-bond donors (Lipinski definition) is 2. The largest absolute Gasteiger partial charge is 0.423 e. The highest BCUT2D eigenvalue weighted by Crippen LogP contribution is 2.39. The average Bonchev–Trinajstić information content (AvgIpc) is 2.94. The fraction of sp³-hybridized carbons (Fsp3) is 0.577. The maximum absolute atomic E-state index is 13.4. The minimum atomic E-state index is -4.85. The Kier molecular flexibility index (Phi) is 8.04. The van der Waals surface area contributed by atoms with Crippen LogP contribution >= 0.6 is 0 Å². The molecule has 2 amide bonds. The number of amides is 2. The maximum Gasteiger partial charge on any atom is 0.423 e. The molecule has 0 spiro atoms. The standard InChI is InChI=1S/C26H30F6N8O3/c1-14(35-17-11-34-36-22(41)20(17)26(30,31)32)12-38-5-3-15(4-6-38)23(42)39-7-8-40-19(13-39)24(43)37(2)18-9-16(25(27,28)29)10-33-21(18)40/h9-11,14-15,19H,3-8,12-13H2,1-2H3,(H2,35,36,41)/t14-,19-/m0/s1. The van der Waals surface area contributed by atoms with Crippen molar-refractivity contribution in [2.45, 2.75) is 44.2 Å². The van der Waals surface area contributed by atoms with Crippen molar-refractivity contribution in [3.05, 3.63) is 39.9 Å². The van der Waals surface area contributed by atoms with E-state index in [1.54, 1.807) is 21.8 Å². The molecule has 0 radical (unpaired) electrons. The number of aromatic nitrogens is 3. The topological polar surface area (TPSA) is 118 Å². The number of alkyl halides is 6. The number of anilines is 3. The van der Waals surface area contributed by atoms with E-state index in [2.05, 4.69) is 15.4 Å². The van der Waals surface area contributed by atoms with Gasteiger partial charge in [-0.1, -0.05) is 0 Å². The molecule has 0 aromatic carbocycles. The predicted molar refractivity (Wildman–Crippen MR) is 142 cm³/mol. The fourth-order valence-electron chi connectivity index (χ4n) is 5.97. The van der Waals surface area contributed by atoms with E-state index in [1.807, 2.05) is 4.90 Å². The molecule has 2 aromatic rings. The van der Waals surface area contributed by atoms with E-state index < -0.39 is 52.7 Å². The summed E-state index contributed by atoms with van der Waals surface area (Å²) in [5.74, 6) is -0.583. The van der Waals surface area contributed by atoms with Crippen LogP contribution in [-0.2, 0) is 21.9 Å². The number of nitrogens with one attached hydrogen (secondary N) is 2. The molecule has 5 rings (SSSR count). The summed E-state index contributed by atoms with van der Waals surface area (Å²) in [6.07, 6.45) is -6.77. The number of fused-ring (bicyclic) bond motifs is 3. The first-order valence-electron chi connectivity index (χ1n) is 13.7. The highest BCUT2D eigenvalue weighted by molar-refractivity contribution is 6.05. The molecular formula is C26H30F6N8O3. The van der Waals surface area contributed by atoms with Gasteiger partial charge in [0, 0.05) is 44.8 Å². The summed E-state index contributed by atoms with van der Waals surface area (Å²) < 4.78 is 79.7. The molecule has 0 aliphatic carbocycles. The van der Waals surface area contributed by atoms with E-state index in [0.717, 1.165) is 23.4 Å². The van der Waals surface area contributed by atoms with Crippen molar-refractivity contribution in [1.29, 1.82) is 0 Å². The van der Waals surface area contributed by atoms with Gasteiger partial charge in [-0.05, 0) is 38.9 Å². The first-order valence-corrected chi connectivity index (χ1v) is 13.7. The lowest BCUT2D eigenvalue weighted by atomic mass is 9.94. The monoisotopic (exact) mass is 616 g/mol. The molecule has 2 atom stereocenters. The van der Waals surface area contributed by atoms with Gasteiger partial charge in [-0.2, -0.15) is 31.4 Å². The van der Waals surface area contributed by atoms with Crippen LogP contribution in [0.1, 0.15) is 30.9 Å². The number of H-pyrrole nitrogens is 1. The predicted octanol–water partition coefficient (Wildman–Crippen LogP) is 2.41. The van der Waals surface area contributed by atoms with Crippen molar-refractivity contribution in [3.63, 3.8) is 0 Å². The zero-order valence-electron chi connectivity index (χ0n) is 23.3. The third-order valence-electron chi connectivity index (χ3n) is 8.13. The minimum Gasteiger partial charge on any atom is -0.379 e. The third kappa shape index (κ3) is 6.12. The number of halogens is 6. The van der Waals surface area contributed by atoms with Crippen molar-refractivity contribution in [3.8, 4) is 0 Å². The Morgan fingerprint density at radius 1 is 1.07 bits per heavy atom. The molecule has 0 unspecified atom stereocenters. The fourth-order valence-corrected chi connectivity index (χ4v) is 5.97. The van der Waals surface area contributed by atoms with Gasteiger partial charge in [0.05, 0.1) is 29.7 Å². The van der Waals surface area contributed by atoms with Crippen LogP contribution in [0.2, 0.25) is 0 Å². The molecule has 5 heterocycles. The lowest BCUT2D eigenvalue weighted by Gasteiger charge is -2.47. The van der Waals surface area contributed by atoms with Gasteiger partial charge in [0.15, 0.2) is 5.82 Å². The number of rotatable bonds is 5. The van der Waals surface area contributed by atoms with Gasteiger partial charge in [0.25, 0.3) is 11.5 Å². The van der Waals surface area contributed by atoms with Crippen molar-refractivity contribution in [2.75, 3.05) is 61.4 Å². The SMILES string of the molecule is C[C@@H](CN1CCC(C(=O)N2CCN3c4ncc(C(F)(F)F)cc4N(C)C(=O)[C@@H]3C2)CC1)Nc1cn[nH]c(=O)c1C(F)(F)F. The van der Waals surface area contributed by atoms with E-state index >= 15 is 0 Å². The van der Waals surface area contributed by atoms with E-state index in [1.165, 1.54) is 7.05 Å². The summed E-state index contributed by atoms with van der Waals surface area (Å²) in [7, 11) is 1.39. The number of likely N-dealkylation sites (N-methyl/N-ethyl adjacent to an activating group) is 1.